The highest BCUT2D eigenvalue weighted by molar-refractivity contribution is 9.10. The predicted octanol–water partition coefficient (Wildman–Crippen LogP) is 4.36. The third-order valence-corrected chi connectivity index (χ3v) is 4.39. The Labute approximate surface area is 127 Å². The van der Waals surface area contributed by atoms with Crippen molar-refractivity contribution in [2.24, 2.45) is 0 Å². The van der Waals surface area contributed by atoms with Crippen LogP contribution in [-0.2, 0) is 0 Å². The molecular weight excluding hydrogens is 316 g/mol. The third-order valence-electron chi connectivity index (χ3n) is 3.14. The number of carbonyl (C=O) groups is 1. The molecule has 104 valence electrons. The van der Waals surface area contributed by atoms with Gasteiger partial charge in [-0.15, -0.1) is 0 Å². The highest BCUT2D eigenvalue weighted by Crippen LogP contribution is 2.25. The van der Waals surface area contributed by atoms with Crippen molar-refractivity contribution >= 4 is 33.2 Å². The first-order valence-corrected chi connectivity index (χ1v) is 7.17. The van der Waals surface area contributed by atoms with Crippen LogP contribution >= 0.6 is 15.9 Å². The molecule has 4 heteroatoms. The smallest absolute Gasteiger partial charge is 0.257 e. The van der Waals surface area contributed by atoms with Gasteiger partial charge >= 0.3 is 0 Å². The Morgan fingerprint density at radius 3 is 2.30 bits per heavy atom. The van der Waals surface area contributed by atoms with E-state index in [4.69, 9.17) is 0 Å². The zero-order chi connectivity index (χ0) is 14.7. The van der Waals surface area contributed by atoms with Gasteiger partial charge in [0.2, 0.25) is 0 Å². The average molecular weight is 333 g/mol. The van der Waals surface area contributed by atoms with E-state index in [-0.39, 0.29) is 5.91 Å². The molecule has 0 fully saturated rings. The molecule has 0 saturated carbocycles. The number of hydrogen-bond donors (Lipinski definition) is 2. The van der Waals surface area contributed by atoms with Crippen LogP contribution in [0.15, 0.2) is 40.9 Å². The van der Waals surface area contributed by atoms with Gasteiger partial charge in [-0.05, 0) is 49.2 Å². The van der Waals surface area contributed by atoms with E-state index in [1.54, 1.807) is 13.1 Å². The quantitative estimate of drug-likeness (QED) is 0.876. The largest absolute Gasteiger partial charge is 0.387 e. The molecule has 0 aliphatic heterocycles. The molecule has 0 aliphatic carbocycles. The van der Waals surface area contributed by atoms with E-state index in [2.05, 4.69) is 26.6 Å². The van der Waals surface area contributed by atoms with E-state index in [1.165, 1.54) is 0 Å². The zero-order valence-electron chi connectivity index (χ0n) is 11.8. The number of benzene rings is 2. The molecule has 20 heavy (non-hydrogen) atoms. The molecule has 0 radical (unpaired) electrons. The molecular formula is C16H17BrN2O. The van der Waals surface area contributed by atoms with Gasteiger partial charge < -0.3 is 10.6 Å². The van der Waals surface area contributed by atoms with Crippen LogP contribution in [0.4, 0.5) is 11.4 Å². The summed E-state index contributed by atoms with van der Waals surface area (Å²) in [6.45, 7) is 4.02. The standard InChI is InChI=1S/C16H17BrN2O/c1-10-8-12(9-11(2)15(10)17)19-16(20)13-6-4-5-7-14(13)18-3/h4-9,18H,1-3H3,(H,19,20). The first-order chi connectivity index (χ1) is 9.52. The Bertz CT molecular complexity index is 630. The molecule has 0 aliphatic rings. The first-order valence-electron chi connectivity index (χ1n) is 6.38. The molecule has 0 spiro atoms. The summed E-state index contributed by atoms with van der Waals surface area (Å²) < 4.78 is 1.08. The fourth-order valence-electron chi connectivity index (χ4n) is 2.12. The lowest BCUT2D eigenvalue weighted by Gasteiger charge is -2.12. The number of anilines is 2. The van der Waals surface area contributed by atoms with E-state index < -0.39 is 0 Å². The number of nitrogens with one attached hydrogen (secondary N) is 2. The van der Waals surface area contributed by atoms with E-state index in [0.29, 0.717) is 5.56 Å². The van der Waals surface area contributed by atoms with Crippen molar-refractivity contribution in [3.05, 3.63) is 57.6 Å². The van der Waals surface area contributed by atoms with Gasteiger partial charge in [0.1, 0.15) is 0 Å². The number of carbonyl (C=O) groups excluding carboxylic acids is 1. The number of aryl methyl sites for hydroxylation is 2. The van der Waals surface area contributed by atoms with Gasteiger partial charge in [-0.3, -0.25) is 4.79 Å². The van der Waals surface area contributed by atoms with Crippen LogP contribution in [0.2, 0.25) is 0 Å². The number of hydrogen-bond acceptors (Lipinski definition) is 2. The van der Waals surface area contributed by atoms with Gasteiger partial charge in [0.25, 0.3) is 5.91 Å². The fraction of sp³-hybridized carbons (Fsp3) is 0.188. The summed E-state index contributed by atoms with van der Waals surface area (Å²) in [6.07, 6.45) is 0. The Kier molecular flexibility index (Phi) is 4.45. The predicted molar refractivity (Wildman–Crippen MR) is 87.6 cm³/mol. The SMILES string of the molecule is CNc1ccccc1C(=O)Nc1cc(C)c(Br)c(C)c1. The van der Waals surface area contributed by atoms with Gasteiger partial charge in [0, 0.05) is 22.9 Å². The minimum absolute atomic E-state index is 0.115. The van der Waals surface area contributed by atoms with Crippen LogP contribution in [0.3, 0.4) is 0 Å². The van der Waals surface area contributed by atoms with E-state index in [0.717, 1.165) is 27.0 Å². The second-order valence-electron chi connectivity index (χ2n) is 4.67. The Balaban J connectivity index is 2.28. The van der Waals surface area contributed by atoms with E-state index in [9.17, 15) is 4.79 Å². The van der Waals surface area contributed by atoms with E-state index in [1.807, 2.05) is 44.2 Å². The maximum atomic E-state index is 12.3. The van der Waals surface area contributed by atoms with Gasteiger partial charge in [-0.1, -0.05) is 28.1 Å². The van der Waals surface area contributed by atoms with Gasteiger partial charge in [0.15, 0.2) is 0 Å². The highest BCUT2D eigenvalue weighted by Gasteiger charge is 2.11. The van der Waals surface area contributed by atoms with Crippen LogP contribution in [0, 0.1) is 13.8 Å². The lowest BCUT2D eigenvalue weighted by atomic mass is 10.1. The number of amides is 1. The molecule has 2 rings (SSSR count). The summed E-state index contributed by atoms with van der Waals surface area (Å²) >= 11 is 3.52. The van der Waals surface area contributed by atoms with Crippen LogP contribution in [-0.4, -0.2) is 13.0 Å². The minimum Gasteiger partial charge on any atom is -0.387 e. The van der Waals surface area contributed by atoms with Crippen LogP contribution in [0.25, 0.3) is 0 Å². The molecule has 0 aromatic heterocycles. The Hall–Kier alpha value is -1.81. The van der Waals surface area contributed by atoms with E-state index >= 15 is 0 Å². The molecule has 2 aromatic rings. The summed E-state index contributed by atoms with van der Waals surface area (Å²) in [5.41, 5.74) is 4.45. The molecule has 0 heterocycles. The van der Waals surface area contributed by atoms with Crippen molar-refractivity contribution < 1.29 is 4.79 Å². The summed E-state index contributed by atoms with van der Waals surface area (Å²) in [6, 6.07) is 11.4. The van der Waals surface area contributed by atoms with Gasteiger partial charge in [-0.2, -0.15) is 0 Å². The van der Waals surface area contributed by atoms with Crippen molar-refractivity contribution in [2.75, 3.05) is 17.7 Å². The number of rotatable bonds is 3. The second kappa shape index (κ2) is 6.09. The molecule has 0 unspecified atom stereocenters. The first kappa shape index (κ1) is 14.6. The topological polar surface area (TPSA) is 41.1 Å². The average Bonchev–Trinajstić information content (AvgIpc) is 2.44. The molecule has 0 bridgehead atoms. The summed E-state index contributed by atoms with van der Waals surface area (Å²) in [4.78, 5) is 12.3. The molecule has 0 saturated heterocycles. The lowest BCUT2D eigenvalue weighted by Crippen LogP contribution is -2.14. The summed E-state index contributed by atoms with van der Waals surface area (Å²) in [5.74, 6) is -0.115. The zero-order valence-corrected chi connectivity index (χ0v) is 13.3. The Morgan fingerprint density at radius 1 is 1.10 bits per heavy atom. The molecule has 2 aromatic carbocycles. The molecule has 0 atom stereocenters. The van der Waals surface area contributed by atoms with Crippen molar-refractivity contribution in [3.8, 4) is 0 Å². The normalized spacial score (nSPS) is 10.2. The molecule has 3 nitrogen and oxygen atoms in total. The molecule has 1 amide bonds. The summed E-state index contributed by atoms with van der Waals surface area (Å²) in [5, 5.41) is 5.97. The number of halogens is 1. The van der Waals surface area contributed by atoms with Gasteiger partial charge in [-0.25, -0.2) is 0 Å². The third kappa shape index (κ3) is 3.02. The van der Waals surface area contributed by atoms with Crippen LogP contribution < -0.4 is 10.6 Å². The Morgan fingerprint density at radius 2 is 1.70 bits per heavy atom. The van der Waals surface area contributed by atoms with Crippen molar-refractivity contribution in [3.63, 3.8) is 0 Å². The van der Waals surface area contributed by atoms with Crippen molar-refractivity contribution in [1.29, 1.82) is 0 Å². The summed E-state index contributed by atoms with van der Waals surface area (Å²) in [7, 11) is 1.81. The van der Waals surface area contributed by atoms with Crippen LogP contribution in [0.1, 0.15) is 21.5 Å². The lowest BCUT2D eigenvalue weighted by molar-refractivity contribution is 0.102. The number of para-hydroxylation sites is 1. The highest BCUT2D eigenvalue weighted by atomic mass is 79.9. The fourth-order valence-corrected chi connectivity index (χ4v) is 2.34. The van der Waals surface area contributed by atoms with Gasteiger partial charge in [0.05, 0.1) is 5.56 Å². The monoisotopic (exact) mass is 332 g/mol. The maximum absolute atomic E-state index is 12.3. The minimum atomic E-state index is -0.115. The molecule has 2 N–H and O–H groups in total. The maximum Gasteiger partial charge on any atom is 0.257 e. The second-order valence-corrected chi connectivity index (χ2v) is 5.47. The van der Waals surface area contributed by atoms with Crippen LogP contribution in [0.5, 0.6) is 0 Å². The van der Waals surface area contributed by atoms with Crippen molar-refractivity contribution in [2.45, 2.75) is 13.8 Å². The van der Waals surface area contributed by atoms with Crippen molar-refractivity contribution in [1.82, 2.24) is 0 Å².